The number of H-pyrrole nitrogens is 1. The lowest BCUT2D eigenvalue weighted by Gasteiger charge is -2.28. The predicted octanol–water partition coefficient (Wildman–Crippen LogP) is 4.17. The van der Waals surface area contributed by atoms with Crippen molar-refractivity contribution in [2.45, 2.75) is 44.9 Å². The predicted molar refractivity (Wildman–Crippen MR) is 128 cm³/mol. The first-order chi connectivity index (χ1) is 15.5. The monoisotopic (exact) mass is 470 g/mol. The highest BCUT2D eigenvalue weighted by Gasteiger charge is 2.34. The minimum atomic E-state index is -3.73. The van der Waals surface area contributed by atoms with Gasteiger partial charge in [0.15, 0.2) is 17.3 Å². The summed E-state index contributed by atoms with van der Waals surface area (Å²) in [6.45, 7) is 6.15. The van der Waals surface area contributed by atoms with Gasteiger partial charge in [0.1, 0.15) is 0 Å². The summed E-state index contributed by atoms with van der Waals surface area (Å²) in [4.78, 5) is 16.3. The molecule has 7 nitrogen and oxygen atoms in total. The van der Waals surface area contributed by atoms with Gasteiger partial charge in [0, 0.05) is 35.1 Å². The Morgan fingerprint density at radius 2 is 1.79 bits per heavy atom. The van der Waals surface area contributed by atoms with Crippen LogP contribution in [0.5, 0.6) is 11.5 Å². The van der Waals surface area contributed by atoms with Crippen molar-refractivity contribution in [2.24, 2.45) is 5.41 Å². The van der Waals surface area contributed by atoms with Crippen molar-refractivity contribution in [3.8, 4) is 11.5 Å². The number of hydrogen-bond acceptors (Lipinski definition) is 5. The summed E-state index contributed by atoms with van der Waals surface area (Å²) in [5.74, 6) is 1.34. The Morgan fingerprint density at radius 1 is 1.06 bits per heavy atom. The van der Waals surface area contributed by atoms with Gasteiger partial charge in [-0.15, -0.1) is 0 Å². The lowest BCUT2D eigenvalue weighted by atomic mass is 9.76. The standard InChI is InChI=1S/C25H30N2O5S/c1-15-10-17-18(27-19-13-25(2,3)14-20(28)24(17)19)12-23(15)33(29,30)26-9-8-16-6-7-21(31-4)22(11-16)32-5/h6-7,10-12,26-27H,8-9,13-14H2,1-5H3. The topological polar surface area (TPSA) is 97.5 Å². The molecule has 0 aliphatic heterocycles. The van der Waals surface area contributed by atoms with E-state index in [4.69, 9.17) is 9.47 Å². The van der Waals surface area contributed by atoms with E-state index >= 15 is 0 Å². The molecule has 2 aromatic carbocycles. The fraction of sp³-hybridized carbons (Fsp3) is 0.400. The second-order valence-corrected chi connectivity index (χ2v) is 11.2. The molecule has 0 unspecified atom stereocenters. The van der Waals surface area contributed by atoms with Gasteiger partial charge in [0.25, 0.3) is 0 Å². The molecule has 0 bridgehead atoms. The highest BCUT2D eigenvalue weighted by atomic mass is 32.2. The summed E-state index contributed by atoms with van der Waals surface area (Å²) in [5, 5.41) is 0.798. The summed E-state index contributed by atoms with van der Waals surface area (Å²) in [7, 11) is -0.592. The highest BCUT2D eigenvalue weighted by molar-refractivity contribution is 7.89. The maximum atomic E-state index is 13.1. The quantitative estimate of drug-likeness (QED) is 0.540. The number of aromatic nitrogens is 1. The molecule has 4 rings (SSSR count). The number of ketones is 1. The molecule has 1 aliphatic rings. The lowest BCUT2D eigenvalue weighted by Crippen LogP contribution is -2.26. The summed E-state index contributed by atoms with van der Waals surface area (Å²) < 4.78 is 39.4. The zero-order valence-electron chi connectivity index (χ0n) is 19.7. The first kappa shape index (κ1) is 23.3. The minimum Gasteiger partial charge on any atom is -0.493 e. The Morgan fingerprint density at radius 3 is 2.48 bits per heavy atom. The van der Waals surface area contributed by atoms with Gasteiger partial charge in [-0.25, -0.2) is 13.1 Å². The van der Waals surface area contributed by atoms with Gasteiger partial charge >= 0.3 is 0 Å². The van der Waals surface area contributed by atoms with E-state index in [2.05, 4.69) is 23.6 Å². The number of nitrogens with one attached hydrogen (secondary N) is 2. The van der Waals surface area contributed by atoms with E-state index in [1.54, 1.807) is 33.3 Å². The second kappa shape index (κ2) is 8.50. The van der Waals surface area contributed by atoms with Crippen LogP contribution in [0.25, 0.3) is 10.9 Å². The van der Waals surface area contributed by atoms with Gasteiger partial charge < -0.3 is 14.5 Å². The molecular weight excluding hydrogens is 440 g/mol. The normalized spacial score (nSPS) is 15.5. The molecule has 1 aromatic heterocycles. The van der Waals surface area contributed by atoms with Crippen molar-refractivity contribution in [2.75, 3.05) is 20.8 Å². The van der Waals surface area contributed by atoms with Crippen LogP contribution >= 0.6 is 0 Å². The van der Waals surface area contributed by atoms with Crippen LogP contribution in [-0.4, -0.2) is 39.9 Å². The number of carbonyl (C=O) groups is 1. The number of hydrogen-bond donors (Lipinski definition) is 2. The van der Waals surface area contributed by atoms with Gasteiger partial charge in [-0.2, -0.15) is 0 Å². The van der Waals surface area contributed by atoms with E-state index in [0.29, 0.717) is 41.0 Å². The number of fused-ring (bicyclic) bond motifs is 3. The van der Waals surface area contributed by atoms with Crippen molar-refractivity contribution in [3.63, 3.8) is 0 Å². The molecule has 3 aromatic rings. The first-order valence-corrected chi connectivity index (χ1v) is 12.4. The molecule has 1 aliphatic carbocycles. The molecule has 8 heteroatoms. The van der Waals surface area contributed by atoms with Gasteiger partial charge in [-0.05, 0) is 60.6 Å². The van der Waals surface area contributed by atoms with E-state index in [0.717, 1.165) is 23.1 Å². The van der Waals surface area contributed by atoms with Crippen molar-refractivity contribution < 1.29 is 22.7 Å². The average Bonchev–Trinajstić information content (AvgIpc) is 3.08. The summed E-state index contributed by atoms with van der Waals surface area (Å²) in [6.07, 6.45) is 1.75. The smallest absolute Gasteiger partial charge is 0.240 e. The van der Waals surface area contributed by atoms with Gasteiger partial charge in [0.05, 0.1) is 19.1 Å². The van der Waals surface area contributed by atoms with Crippen LogP contribution < -0.4 is 14.2 Å². The van der Waals surface area contributed by atoms with Crippen LogP contribution in [-0.2, 0) is 22.9 Å². The van der Waals surface area contributed by atoms with Crippen molar-refractivity contribution in [3.05, 3.63) is 52.7 Å². The van der Waals surface area contributed by atoms with E-state index in [1.807, 2.05) is 18.2 Å². The second-order valence-electron chi connectivity index (χ2n) is 9.42. The van der Waals surface area contributed by atoms with E-state index in [9.17, 15) is 13.2 Å². The number of aryl methyl sites for hydroxylation is 1. The molecule has 33 heavy (non-hydrogen) atoms. The fourth-order valence-corrected chi connectivity index (χ4v) is 5.92. The SMILES string of the molecule is COc1ccc(CCNS(=O)(=O)c2cc3[nH]c4c(c3cc2C)C(=O)CC(C)(C)C4)cc1OC. The van der Waals surface area contributed by atoms with Gasteiger partial charge in [-0.1, -0.05) is 19.9 Å². The number of sulfonamides is 1. The molecule has 176 valence electrons. The fourth-order valence-electron chi connectivity index (χ4n) is 4.63. The van der Waals surface area contributed by atoms with Crippen molar-refractivity contribution in [1.82, 2.24) is 9.71 Å². The maximum Gasteiger partial charge on any atom is 0.240 e. The van der Waals surface area contributed by atoms with Crippen LogP contribution in [0.4, 0.5) is 0 Å². The van der Waals surface area contributed by atoms with Crippen LogP contribution in [0.3, 0.4) is 0 Å². The lowest BCUT2D eigenvalue weighted by molar-refractivity contribution is 0.0913. The van der Waals surface area contributed by atoms with E-state index < -0.39 is 10.0 Å². The van der Waals surface area contributed by atoms with E-state index in [-0.39, 0.29) is 22.6 Å². The zero-order chi connectivity index (χ0) is 24.0. The van der Waals surface area contributed by atoms with E-state index in [1.165, 1.54) is 0 Å². The number of methoxy groups -OCH3 is 2. The Labute approximate surface area is 194 Å². The Bertz CT molecular complexity index is 1340. The molecule has 0 saturated heterocycles. The number of benzene rings is 2. The Kier molecular flexibility index (Phi) is 6.01. The first-order valence-electron chi connectivity index (χ1n) is 10.9. The molecule has 0 atom stereocenters. The number of carbonyl (C=O) groups excluding carboxylic acids is 1. The summed E-state index contributed by atoms with van der Waals surface area (Å²) in [5.41, 5.74) is 3.71. The zero-order valence-corrected chi connectivity index (χ0v) is 20.5. The summed E-state index contributed by atoms with van der Waals surface area (Å²) >= 11 is 0. The molecule has 0 fully saturated rings. The van der Waals surface area contributed by atoms with Crippen molar-refractivity contribution in [1.29, 1.82) is 0 Å². The molecule has 0 saturated carbocycles. The highest BCUT2D eigenvalue weighted by Crippen LogP contribution is 2.39. The van der Waals surface area contributed by atoms with Crippen LogP contribution in [0.1, 0.15) is 47.4 Å². The number of ether oxygens (including phenoxy) is 2. The van der Waals surface area contributed by atoms with Gasteiger partial charge in [-0.3, -0.25) is 4.79 Å². The van der Waals surface area contributed by atoms with Crippen LogP contribution in [0.15, 0.2) is 35.2 Å². The maximum absolute atomic E-state index is 13.1. The summed E-state index contributed by atoms with van der Waals surface area (Å²) in [6, 6.07) is 8.98. The number of aromatic amines is 1. The molecule has 1 heterocycles. The number of Topliss-reactive ketones (excluding diaryl/α,β-unsaturated/α-hetero) is 1. The van der Waals surface area contributed by atoms with Crippen LogP contribution in [0.2, 0.25) is 0 Å². The van der Waals surface area contributed by atoms with Gasteiger partial charge in [0.2, 0.25) is 10.0 Å². The Hall–Kier alpha value is -2.84. The van der Waals surface area contributed by atoms with Crippen molar-refractivity contribution >= 4 is 26.7 Å². The van der Waals surface area contributed by atoms with Crippen LogP contribution in [0, 0.1) is 12.3 Å². The number of rotatable bonds is 7. The average molecular weight is 471 g/mol. The molecular formula is C25H30N2O5S. The minimum absolute atomic E-state index is 0.107. The molecule has 0 amide bonds. The third kappa shape index (κ3) is 4.50. The molecule has 0 radical (unpaired) electrons. The molecule has 2 N–H and O–H groups in total. The molecule has 0 spiro atoms. The largest absolute Gasteiger partial charge is 0.493 e. The Balaban J connectivity index is 1.57. The third-order valence-corrected chi connectivity index (χ3v) is 7.79. The third-order valence-electron chi connectivity index (χ3n) is 6.19.